The molecular weight excluding hydrogens is 228 g/mol. The van der Waals surface area contributed by atoms with Crippen molar-refractivity contribution in [1.82, 2.24) is 15.3 Å². The van der Waals surface area contributed by atoms with E-state index in [1.807, 2.05) is 19.4 Å². The minimum absolute atomic E-state index is 0.299. The molecule has 5 nitrogen and oxygen atoms in total. The van der Waals surface area contributed by atoms with E-state index in [0.29, 0.717) is 6.10 Å². The first-order valence-corrected chi connectivity index (χ1v) is 6.65. The summed E-state index contributed by atoms with van der Waals surface area (Å²) in [7, 11) is 1.92. The third-order valence-electron chi connectivity index (χ3n) is 3.16. The fourth-order valence-corrected chi connectivity index (χ4v) is 2.13. The molecule has 0 spiro atoms. The van der Waals surface area contributed by atoms with Crippen molar-refractivity contribution in [3.63, 3.8) is 0 Å². The van der Waals surface area contributed by atoms with Gasteiger partial charge in [0.15, 0.2) is 0 Å². The molecular formula is C13H22N4O. The van der Waals surface area contributed by atoms with Crippen LogP contribution in [0.25, 0.3) is 0 Å². The Bertz CT molecular complexity index is 355. The van der Waals surface area contributed by atoms with Gasteiger partial charge in [0.2, 0.25) is 5.95 Å². The lowest BCUT2D eigenvalue weighted by Gasteiger charge is -2.23. The summed E-state index contributed by atoms with van der Waals surface area (Å²) in [5.41, 5.74) is 1.11. The molecule has 0 saturated carbocycles. The fraction of sp³-hybridized carbons (Fsp3) is 0.692. The lowest BCUT2D eigenvalue weighted by Crippen LogP contribution is -2.32. The molecule has 1 atom stereocenters. The molecule has 5 heteroatoms. The van der Waals surface area contributed by atoms with Crippen molar-refractivity contribution in [1.29, 1.82) is 0 Å². The summed E-state index contributed by atoms with van der Waals surface area (Å²) < 4.78 is 5.76. The minimum Gasteiger partial charge on any atom is -0.376 e. The maximum Gasteiger partial charge on any atom is 0.225 e. The van der Waals surface area contributed by atoms with Crippen LogP contribution in [0.1, 0.15) is 25.3 Å². The number of hydrogen-bond donors (Lipinski definition) is 1. The molecule has 1 N–H and O–H groups in total. The van der Waals surface area contributed by atoms with Gasteiger partial charge in [-0.3, -0.25) is 0 Å². The van der Waals surface area contributed by atoms with Crippen LogP contribution in [0.3, 0.4) is 0 Å². The van der Waals surface area contributed by atoms with Crippen LogP contribution in [0.4, 0.5) is 5.95 Å². The van der Waals surface area contributed by atoms with Crippen LogP contribution >= 0.6 is 0 Å². The molecule has 18 heavy (non-hydrogen) atoms. The predicted octanol–water partition coefficient (Wildman–Crippen LogP) is 1.20. The highest BCUT2D eigenvalue weighted by Crippen LogP contribution is 2.14. The molecule has 0 aromatic carbocycles. The maximum absolute atomic E-state index is 5.76. The lowest BCUT2D eigenvalue weighted by molar-refractivity contribution is 0.0664. The van der Waals surface area contributed by atoms with Crippen LogP contribution in [0, 0.1) is 0 Å². The van der Waals surface area contributed by atoms with Gasteiger partial charge in [-0.05, 0) is 19.9 Å². The molecule has 100 valence electrons. The van der Waals surface area contributed by atoms with Gasteiger partial charge < -0.3 is 15.0 Å². The van der Waals surface area contributed by atoms with Gasteiger partial charge in [-0.2, -0.15) is 0 Å². The van der Waals surface area contributed by atoms with Crippen LogP contribution in [-0.2, 0) is 11.3 Å². The van der Waals surface area contributed by atoms with Crippen molar-refractivity contribution in [2.24, 2.45) is 0 Å². The molecule has 1 unspecified atom stereocenters. The van der Waals surface area contributed by atoms with E-state index in [4.69, 9.17) is 4.74 Å². The summed E-state index contributed by atoms with van der Waals surface area (Å²) >= 11 is 0. The number of hydrogen-bond acceptors (Lipinski definition) is 5. The van der Waals surface area contributed by atoms with E-state index in [2.05, 4.69) is 27.1 Å². The minimum atomic E-state index is 0.299. The maximum atomic E-state index is 5.76. The fourth-order valence-electron chi connectivity index (χ4n) is 2.13. The van der Waals surface area contributed by atoms with Gasteiger partial charge in [0, 0.05) is 44.2 Å². The number of ether oxygens (including phenoxy) is 1. The van der Waals surface area contributed by atoms with Crippen molar-refractivity contribution in [3.05, 3.63) is 18.0 Å². The first-order chi connectivity index (χ1) is 8.83. The molecule has 1 aliphatic rings. The molecule has 0 radical (unpaired) electrons. The van der Waals surface area contributed by atoms with Crippen molar-refractivity contribution in [2.45, 2.75) is 32.4 Å². The third kappa shape index (κ3) is 3.40. The summed E-state index contributed by atoms with van der Waals surface area (Å²) in [6, 6.07) is 0. The second kappa shape index (κ2) is 6.66. The average Bonchev–Trinajstić information content (AvgIpc) is 2.65. The van der Waals surface area contributed by atoms with Crippen LogP contribution in [0.2, 0.25) is 0 Å². The zero-order valence-corrected chi connectivity index (χ0v) is 11.2. The molecule has 1 saturated heterocycles. The second-order valence-electron chi connectivity index (χ2n) is 4.62. The highest BCUT2D eigenvalue weighted by atomic mass is 16.5. The molecule has 1 fully saturated rings. The Morgan fingerprint density at radius 1 is 1.44 bits per heavy atom. The van der Waals surface area contributed by atoms with Crippen molar-refractivity contribution >= 4 is 5.95 Å². The number of nitrogens with zero attached hydrogens (tertiary/aromatic N) is 3. The highest BCUT2D eigenvalue weighted by molar-refractivity contribution is 5.30. The quantitative estimate of drug-likeness (QED) is 0.870. The lowest BCUT2D eigenvalue weighted by atomic mass is 10.2. The van der Waals surface area contributed by atoms with Gasteiger partial charge in [0.05, 0.1) is 6.10 Å². The van der Waals surface area contributed by atoms with Gasteiger partial charge in [-0.15, -0.1) is 0 Å². The zero-order chi connectivity index (χ0) is 12.8. The van der Waals surface area contributed by atoms with Crippen LogP contribution in [-0.4, -0.2) is 42.8 Å². The largest absolute Gasteiger partial charge is 0.376 e. The molecule has 0 amide bonds. The van der Waals surface area contributed by atoms with Crippen LogP contribution in [0.15, 0.2) is 12.4 Å². The van der Waals surface area contributed by atoms with Gasteiger partial charge in [-0.25, -0.2) is 9.97 Å². The van der Waals surface area contributed by atoms with E-state index in [1.54, 1.807) is 0 Å². The summed E-state index contributed by atoms with van der Waals surface area (Å²) in [6.07, 6.45) is 6.16. The van der Waals surface area contributed by atoms with E-state index < -0.39 is 0 Å². The predicted molar refractivity (Wildman–Crippen MR) is 71.7 cm³/mol. The Hall–Kier alpha value is -1.20. The SMILES string of the molecule is CCC1CN(c2ncc(CNC)cn2)CCCO1. The van der Waals surface area contributed by atoms with Crippen molar-refractivity contribution < 1.29 is 4.74 Å². The normalized spacial score (nSPS) is 20.8. The topological polar surface area (TPSA) is 50.3 Å². The monoisotopic (exact) mass is 250 g/mol. The van der Waals surface area contributed by atoms with Gasteiger partial charge >= 0.3 is 0 Å². The Balaban J connectivity index is 2.04. The van der Waals surface area contributed by atoms with Gasteiger partial charge in [-0.1, -0.05) is 6.92 Å². The smallest absolute Gasteiger partial charge is 0.225 e. The van der Waals surface area contributed by atoms with E-state index in [-0.39, 0.29) is 0 Å². The van der Waals surface area contributed by atoms with Gasteiger partial charge in [0.25, 0.3) is 0 Å². The highest BCUT2D eigenvalue weighted by Gasteiger charge is 2.19. The number of aromatic nitrogens is 2. The Kier molecular flexibility index (Phi) is 4.90. The number of nitrogens with one attached hydrogen (secondary N) is 1. The Morgan fingerprint density at radius 3 is 2.89 bits per heavy atom. The van der Waals surface area contributed by atoms with Gasteiger partial charge in [0.1, 0.15) is 0 Å². The third-order valence-corrected chi connectivity index (χ3v) is 3.16. The van der Waals surface area contributed by atoms with E-state index in [0.717, 1.165) is 50.6 Å². The average molecular weight is 250 g/mol. The standard InChI is InChI=1S/C13H22N4O/c1-3-12-10-17(5-4-6-18-12)13-15-8-11(7-14-2)9-16-13/h8-9,12,14H,3-7,10H2,1-2H3. The summed E-state index contributed by atoms with van der Waals surface area (Å²) in [5.74, 6) is 0.818. The summed E-state index contributed by atoms with van der Waals surface area (Å²) in [5, 5.41) is 3.10. The molecule has 0 bridgehead atoms. The second-order valence-corrected chi connectivity index (χ2v) is 4.62. The van der Waals surface area contributed by atoms with E-state index >= 15 is 0 Å². The molecule has 2 heterocycles. The molecule has 1 aromatic rings. The van der Waals surface area contributed by atoms with Crippen LogP contribution in [0.5, 0.6) is 0 Å². The van der Waals surface area contributed by atoms with E-state index in [9.17, 15) is 0 Å². The zero-order valence-electron chi connectivity index (χ0n) is 11.2. The van der Waals surface area contributed by atoms with E-state index in [1.165, 1.54) is 0 Å². The van der Waals surface area contributed by atoms with Crippen molar-refractivity contribution in [2.75, 3.05) is 31.6 Å². The molecule has 2 rings (SSSR count). The Labute approximate surface area is 109 Å². The molecule has 1 aliphatic heterocycles. The Morgan fingerprint density at radius 2 is 2.22 bits per heavy atom. The molecule has 0 aliphatic carbocycles. The first-order valence-electron chi connectivity index (χ1n) is 6.65. The summed E-state index contributed by atoms with van der Waals surface area (Å²) in [6.45, 7) is 5.67. The van der Waals surface area contributed by atoms with Crippen LogP contribution < -0.4 is 10.2 Å². The summed E-state index contributed by atoms with van der Waals surface area (Å²) in [4.78, 5) is 11.1. The first kappa shape index (κ1) is 13.2. The number of rotatable bonds is 4. The molecule has 1 aromatic heterocycles. The van der Waals surface area contributed by atoms with Crippen molar-refractivity contribution in [3.8, 4) is 0 Å². The number of anilines is 1.